The summed E-state index contributed by atoms with van der Waals surface area (Å²) in [5, 5.41) is 0. The fourth-order valence-electron chi connectivity index (χ4n) is 1.68. The maximum absolute atomic E-state index is 5.64. The Bertz CT molecular complexity index is 337. The summed E-state index contributed by atoms with van der Waals surface area (Å²) in [7, 11) is 0. The van der Waals surface area contributed by atoms with Crippen LogP contribution in [0.25, 0.3) is 0 Å². The first-order valence-electron chi connectivity index (χ1n) is 5.15. The normalized spacial score (nSPS) is 14.3. The third kappa shape index (κ3) is 2.06. The van der Waals surface area contributed by atoms with Crippen LogP contribution in [0, 0.1) is 0 Å². The average Bonchev–Trinajstić information content (AvgIpc) is 2.30. The molecule has 0 aliphatic carbocycles. The third-order valence-electron chi connectivity index (χ3n) is 2.61. The van der Waals surface area contributed by atoms with Gasteiger partial charge < -0.3 is 20.9 Å². The second-order valence-electron chi connectivity index (χ2n) is 3.57. The first-order valence-corrected chi connectivity index (χ1v) is 5.15. The van der Waals surface area contributed by atoms with Crippen molar-refractivity contribution in [2.75, 3.05) is 26.3 Å². The van der Waals surface area contributed by atoms with Crippen molar-refractivity contribution in [2.24, 2.45) is 11.5 Å². The predicted octanol–water partition coefficient (Wildman–Crippen LogP) is 0.459. The van der Waals surface area contributed by atoms with Crippen molar-refractivity contribution in [3.8, 4) is 11.5 Å². The molecule has 1 aromatic carbocycles. The molecule has 4 heteroatoms. The zero-order chi connectivity index (χ0) is 10.7. The third-order valence-corrected chi connectivity index (χ3v) is 2.61. The van der Waals surface area contributed by atoms with E-state index in [0.29, 0.717) is 26.3 Å². The Hall–Kier alpha value is -1.26. The summed E-state index contributed by atoms with van der Waals surface area (Å²) < 4.78 is 10.9. The number of hydrogen-bond acceptors (Lipinski definition) is 4. The molecule has 0 aromatic heterocycles. The zero-order valence-electron chi connectivity index (χ0n) is 8.61. The van der Waals surface area contributed by atoms with Crippen LogP contribution >= 0.6 is 0 Å². The average molecular weight is 208 g/mol. The molecule has 82 valence electrons. The molecular formula is C11H16N2O2. The Balaban J connectivity index is 2.27. The van der Waals surface area contributed by atoms with Gasteiger partial charge in [-0.1, -0.05) is 6.07 Å². The van der Waals surface area contributed by atoms with E-state index in [1.54, 1.807) is 0 Å². The Kier molecular flexibility index (Phi) is 3.08. The van der Waals surface area contributed by atoms with E-state index in [9.17, 15) is 0 Å². The van der Waals surface area contributed by atoms with E-state index < -0.39 is 0 Å². The van der Waals surface area contributed by atoms with Gasteiger partial charge in [0.1, 0.15) is 13.2 Å². The lowest BCUT2D eigenvalue weighted by Crippen LogP contribution is -2.22. The minimum Gasteiger partial charge on any atom is -0.486 e. The highest BCUT2D eigenvalue weighted by molar-refractivity contribution is 5.44. The summed E-state index contributed by atoms with van der Waals surface area (Å²) in [6.45, 7) is 2.32. The maximum atomic E-state index is 5.64. The molecule has 4 N–H and O–H groups in total. The molecule has 1 aliphatic heterocycles. The molecule has 1 aliphatic rings. The topological polar surface area (TPSA) is 70.5 Å². The Morgan fingerprint density at radius 2 is 1.73 bits per heavy atom. The highest BCUT2D eigenvalue weighted by Crippen LogP contribution is 2.32. The van der Waals surface area contributed by atoms with E-state index in [2.05, 4.69) is 0 Å². The van der Waals surface area contributed by atoms with Gasteiger partial charge in [0.2, 0.25) is 0 Å². The molecule has 0 unspecified atom stereocenters. The molecule has 4 nitrogen and oxygen atoms in total. The number of benzene rings is 1. The molecule has 0 amide bonds. The van der Waals surface area contributed by atoms with E-state index in [4.69, 9.17) is 20.9 Å². The van der Waals surface area contributed by atoms with Crippen LogP contribution in [0.1, 0.15) is 11.5 Å². The van der Waals surface area contributed by atoms with Crippen molar-refractivity contribution in [1.82, 2.24) is 0 Å². The predicted molar refractivity (Wildman–Crippen MR) is 58.3 cm³/mol. The fraction of sp³-hybridized carbons (Fsp3) is 0.455. The molecule has 0 spiro atoms. The molecule has 1 heterocycles. The quantitative estimate of drug-likeness (QED) is 0.757. The second-order valence-corrected chi connectivity index (χ2v) is 3.57. The van der Waals surface area contributed by atoms with Gasteiger partial charge in [-0.2, -0.15) is 0 Å². The standard InChI is InChI=1S/C11H16N2O2/c12-6-9(7-13)8-1-2-10-11(5-8)15-4-3-14-10/h1-2,5,9H,3-4,6-7,12-13H2. The van der Waals surface area contributed by atoms with Gasteiger partial charge in [0, 0.05) is 19.0 Å². The summed E-state index contributed by atoms with van der Waals surface area (Å²) in [4.78, 5) is 0. The fourth-order valence-corrected chi connectivity index (χ4v) is 1.68. The smallest absolute Gasteiger partial charge is 0.161 e. The molecule has 0 bridgehead atoms. The summed E-state index contributed by atoms with van der Waals surface area (Å²) >= 11 is 0. The Morgan fingerprint density at radius 1 is 1.07 bits per heavy atom. The molecule has 15 heavy (non-hydrogen) atoms. The van der Waals surface area contributed by atoms with E-state index in [-0.39, 0.29) is 5.92 Å². The highest BCUT2D eigenvalue weighted by atomic mass is 16.6. The molecule has 0 fully saturated rings. The summed E-state index contributed by atoms with van der Waals surface area (Å²) in [6.07, 6.45) is 0. The Morgan fingerprint density at radius 3 is 2.40 bits per heavy atom. The van der Waals surface area contributed by atoms with E-state index in [0.717, 1.165) is 17.1 Å². The lowest BCUT2D eigenvalue weighted by atomic mass is 9.99. The number of fused-ring (bicyclic) bond motifs is 1. The van der Waals surface area contributed by atoms with Crippen LogP contribution in [-0.4, -0.2) is 26.3 Å². The van der Waals surface area contributed by atoms with Gasteiger partial charge in [0.15, 0.2) is 11.5 Å². The van der Waals surface area contributed by atoms with Crippen molar-refractivity contribution < 1.29 is 9.47 Å². The van der Waals surface area contributed by atoms with E-state index in [1.807, 2.05) is 18.2 Å². The van der Waals surface area contributed by atoms with Crippen LogP contribution in [-0.2, 0) is 0 Å². The minimum absolute atomic E-state index is 0.195. The van der Waals surface area contributed by atoms with Crippen LogP contribution in [0.15, 0.2) is 18.2 Å². The van der Waals surface area contributed by atoms with Crippen molar-refractivity contribution in [3.63, 3.8) is 0 Å². The van der Waals surface area contributed by atoms with Gasteiger partial charge in [-0.25, -0.2) is 0 Å². The number of nitrogens with two attached hydrogens (primary N) is 2. The second kappa shape index (κ2) is 4.51. The van der Waals surface area contributed by atoms with Gasteiger partial charge in [0.05, 0.1) is 0 Å². The number of hydrogen-bond donors (Lipinski definition) is 2. The first kappa shape index (κ1) is 10.3. The van der Waals surface area contributed by atoms with Crippen LogP contribution in [0.2, 0.25) is 0 Å². The van der Waals surface area contributed by atoms with E-state index >= 15 is 0 Å². The number of rotatable bonds is 3. The van der Waals surface area contributed by atoms with Gasteiger partial charge in [-0.3, -0.25) is 0 Å². The van der Waals surface area contributed by atoms with Crippen molar-refractivity contribution >= 4 is 0 Å². The van der Waals surface area contributed by atoms with Crippen LogP contribution in [0.3, 0.4) is 0 Å². The van der Waals surface area contributed by atoms with Crippen LogP contribution < -0.4 is 20.9 Å². The molecule has 1 aromatic rings. The molecule has 0 atom stereocenters. The van der Waals surface area contributed by atoms with Gasteiger partial charge >= 0.3 is 0 Å². The molecule has 0 saturated carbocycles. The van der Waals surface area contributed by atoms with Crippen LogP contribution in [0.4, 0.5) is 0 Å². The largest absolute Gasteiger partial charge is 0.486 e. The maximum Gasteiger partial charge on any atom is 0.161 e. The van der Waals surface area contributed by atoms with Gasteiger partial charge in [-0.05, 0) is 17.7 Å². The SMILES string of the molecule is NCC(CN)c1ccc2c(c1)OCCO2. The van der Waals surface area contributed by atoms with Gasteiger partial charge in [0.25, 0.3) is 0 Å². The van der Waals surface area contributed by atoms with Crippen molar-refractivity contribution in [2.45, 2.75) is 5.92 Å². The molecule has 0 radical (unpaired) electrons. The molecule has 0 saturated heterocycles. The highest BCUT2D eigenvalue weighted by Gasteiger charge is 2.14. The molecule has 2 rings (SSSR count). The van der Waals surface area contributed by atoms with Crippen molar-refractivity contribution in [3.05, 3.63) is 23.8 Å². The van der Waals surface area contributed by atoms with Gasteiger partial charge in [-0.15, -0.1) is 0 Å². The summed E-state index contributed by atoms with van der Waals surface area (Å²) in [5.74, 6) is 1.80. The Labute approximate surface area is 89.2 Å². The lowest BCUT2D eigenvalue weighted by molar-refractivity contribution is 0.171. The van der Waals surface area contributed by atoms with Crippen molar-refractivity contribution in [1.29, 1.82) is 0 Å². The first-order chi connectivity index (χ1) is 7.35. The van der Waals surface area contributed by atoms with Crippen LogP contribution in [0.5, 0.6) is 11.5 Å². The zero-order valence-corrected chi connectivity index (χ0v) is 8.61. The summed E-state index contributed by atoms with van der Waals surface area (Å²) in [6, 6.07) is 5.89. The monoisotopic (exact) mass is 208 g/mol. The molecular weight excluding hydrogens is 192 g/mol. The lowest BCUT2D eigenvalue weighted by Gasteiger charge is -2.20. The minimum atomic E-state index is 0.195. The summed E-state index contributed by atoms with van der Waals surface area (Å²) in [5.41, 5.74) is 12.4. The number of ether oxygens (including phenoxy) is 2. The van der Waals surface area contributed by atoms with E-state index in [1.165, 1.54) is 0 Å².